The van der Waals surface area contributed by atoms with Crippen molar-refractivity contribution in [3.63, 3.8) is 0 Å². The van der Waals surface area contributed by atoms with Gasteiger partial charge in [-0.1, -0.05) is 19.1 Å². The fourth-order valence-electron chi connectivity index (χ4n) is 2.44. The van der Waals surface area contributed by atoms with Crippen LogP contribution in [0.2, 0.25) is 0 Å². The van der Waals surface area contributed by atoms with Crippen LogP contribution in [0.5, 0.6) is 0 Å². The Morgan fingerprint density at radius 3 is 2.59 bits per heavy atom. The molecule has 0 heterocycles. The Balaban J connectivity index is 2.50. The van der Waals surface area contributed by atoms with Gasteiger partial charge < -0.3 is 4.74 Å². The van der Waals surface area contributed by atoms with E-state index in [4.69, 9.17) is 10.00 Å². The highest BCUT2D eigenvalue weighted by molar-refractivity contribution is 5.91. The molecule has 0 saturated heterocycles. The van der Waals surface area contributed by atoms with E-state index in [1.807, 2.05) is 44.2 Å². The maximum absolute atomic E-state index is 11.9. The second-order valence-electron chi connectivity index (χ2n) is 5.09. The molecule has 0 aliphatic heterocycles. The van der Waals surface area contributed by atoms with E-state index in [2.05, 4.69) is 6.07 Å². The predicted molar refractivity (Wildman–Crippen MR) is 86.7 cm³/mol. The van der Waals surface area contributed by atoms with E-state index >= 15 is 0 Å². The average Bonchev–Trinajstić information content (AvgIpc) is 2.54. The largest absolute Gasteiger partial charge is 0.462 e. The molecule has 0 N–H and O–H groups in total. The molecule has 112 valence electrons. The molecule has 22 heavy (non-hydrogen) atoms. The highest BCUT2D eigenvalue weighted by Gasteiger charge is 2.11. The number of carbonyl (C=O) groups is 1. The number of hydrogen-bond acceptors (Lipinski definition) is 3. The van der Waals surface area contributed by atoms with E-state index in [1.165, 1.54) is 0 Å². The highest BCUT2D eigenvalue weighted by Crippen LogP contribution is 2.27. The monoisotopic (exact) mass is 293 g/mol. The van der Waals surface area contributed by atoms with Crippen LogP contribution in [0.3, 0.4) is 0 Å². The standard InChI is InChI=1S/C19H19NO2/c1-4-14-10-15(8-9-17(14)12-20)18-11-16(7-6-13(18)3)19(21)22-5-2/h6-11H,4-5H2,1-3H3. The average molecular weight is 293 g/mol. The molecule has 0 aliphatic carbocycles. The topological polar surface area (TPSA) is 50.1 Å². The van der Waals surface area contributed by atoms with Crippen LogP contribution in [0, 0.1) is 18.3 Å². The minimum Gasteiger partial charge on any atom is -0.462 e. The Labute approximate surface area is 131 Å². The molecule has 0 fully saturated rings. The smallest absolute Gasteiger partial charge is 0.338 e. The number of rotatable bonds is 4. The second kappa shape index (κ2) is 6.91. The maximum atomic E-state index is 11.9. The van der Waals surface area contributed by atoms with Crippen LogP contribution in [-0.2, 0) is 11.2 Å². The van der Waals surface area contributed by atoms with Gasteiger partial charge in [0.2, 0.25) is 0 Å². The lowest BCUT2D eigenvalue weighted by atomic mass is 9.94. The second-order valence-corrected chi connectivity index (χ2v) is 5.09. The summed E-state index contributed by atoms with van der Waals surface area (Å²) in [6.45, 7) is 6.19. The van der Waals surface area contributed by atoms with Gasteiger partial charge in [0.25, 0.3) is 0 Å². The zero-order chi connectivity index (χ0) is 16.1. The quantitative estimate of drug-likeness (QED) is 0.791. The minimum absolute atomic E-state index is 0.312. The fourth-order valence-corrected chi connectivity index (χ4v) is 2.44. The van der Waals surface area contributed by atoms with Crippen LogP contribution < -0.4 is 0 Å². The first-order valence-electron chi connectivity index (χ1n) is 7.41. The molecule has 0 unspecified atom stereocenters. The minimum atomic E-state index is -0.312. The number of esters is 1. The molecule has 0 bridgehead atoms. The Hall–Kier alpha value is -2.60. The Morgan fingerprint density at radius 1 is 1.18 bits per heavy atom. The Morgan fingerprint density at radius 2 is 1.95 bits per heavy atom. The first kappa shape index (κ1) is 15.8. The number of nitriles is 1. The number of aryl methyl sites for hydroxylation is 2. The summed E-state index contributed by atoms with van der Waals surface area (Å²) >= 11 is 0. The summed E-state index contributed by atoms with van der Waals surface area (Å²) in [7, 11) is 0. The van der Waals surface area contributed by atoms with Crippen LogP contribution in [0.4, 0.5) is 0 Å². The third kappa shape index (κ3) is 3.17. The van der Waals surface area contributed by atoms with Gasteiger partial charge in [-0.3, -0.25) is 0 Å². The lowest BCUT2D eigenvalue weighted by Crippen LogP contribution is -2.05. The summed E-state index contributed by atoms with van der Waals surface area (Å²) in [4.78, 5) is 11.9. The summed E-state index contributed by atoms with van der Waals surface area (Å²) in [5.41, 5.74) is 5.35. The van der Waals surface area contributed by atoms with E-state index < -0.39 is 0 Å². The van der Waals surface area contributed by atoms with E-state index in [-0.39, 0.29) is 5.97 Å². The lowest BCUT2D eigenvalue weighted by Gasteiger charge is -2.11. The SMILES string of the molecule is CCOC(=O)c1ccc(C)c(-c2ccc(C#N)c(CC)c2)c1. The van der Waals surface area contributed by atoms with Gasteiger partial charge in [-0.05, 0) is 66.8 Å². The molecule has 3 heteroatoms. The lowest BCUT2D eigenvalue weighted by molar-refractivity contribution is 0.0526. The predicted octanol–water partition coefficient (Wildman–Crippen LogP) is 4.27. The molecule has 0 saturated carbocycles. The van der Waals surface area contributed by atoms with Gasteiger partial charge in [-0.2, -0.15) is 5.26 Å². The molecular weight excluding hydrogens is 274 g/mol. The molecule has 2 aromatic rings. The number of ether oxygens (including phenoxy) is 1. The molecule has 0 radical (unpaired) electrons. The van der Waals surface area contributed by atoms with Crippen molar-refractivity contribution in [1.29, 1.82) is 5.26 Å². The van der Waals surface area contributed by atoms with Gasteiger partial charge >= 0.3 is 5.97 Å². The van der Waals surface area contributed by atoms with Crippen molar-refractivity contribution in [1.82, 2.24) is 0 Å². The van der Waals surface area contributed by atoms with E-state index in [1.54, 1.807) is 13.0 Å². The molecule has 3 nitrogen and oxygen atoms in total. The van der Waals surface area contributed by atoms with Crippen molar-refractivity contribution in [2.24, 2.45) is 0 Å². The Kier molecular flexibility index (Phi) is 4.95. The molecule has 0 amide bonds. The van der Waals surface area contributed by atoms with Gasteiger partial charge in [0, 0.05) is 0 Å². The zero-order valence-electron chi connectivity index (χ0n) is 13.1. The molecule has 0 spiro atoms. The van der Waals surface area contributed by atoms with Crippen molar-refractivity contribution in [3.05, 3.63) is 58.7 Å². The van der Waals surface area contributed by atoms with Crippen LogP contribution in [0.15, 0.2) is 36.4 Å². The van der Waals surface area contributed by atoms with Gasteiger partial charge in [0.15, 0.2) is 0 Å². The third-order valence-electron chi connectivity index (χ3n) is 3.67. The van der Waals surface area contributed by atoms with Gasteiger partial charge in [-0.25, -0.2) is 4.79 Å². The van der Waals surface area contributed by atoms with Gasteiger partial charge in [0.1, 0.15) is 0 Å². The summed E-state index contributed by atoms with van der Waals surface area (Å²) < 4.78 is 5.06. The molecule has 0 aliphatic rings. The van der Waals surface area contributed by atoms with Crippen molar-refractivity contribution in [2.45, 2.75) is 27.2 Å². The summed E-state index contributed by atoms with van der Waals surface area (Å²) in [6.07, 6.45) is 0.799. The molecular formula is C19H19NO2. The first-order chi connectivity index (χ1) is 10.6. The molecule has 0 atom stereocenters. The van der Waals surface area contributed by atoms with Crippen LogP contribution >= 0.6 is 0 Å². The highest BCUT2D eigenvalue weighted by atomic mass is 16.5. The number of carbonyl (C=O) groups excluding carboxylic acids is 1. The third-order valence-corrected chi connectivity index (χ3v) is 3.67. The summed E-state index contributed by atoms with van der Waals surface area (Å²) in [5, 5.41) is 9.13. The zero-order valence-corrected chi connectivity index (χ0v) is 13.1. The van der Waals surface area contributed by atoms with Crippen LogP contribution in [-0.4, -0.2) is 12.6 Å². The van der Waals surface area contributed by atoms with E-state index in [0.717, 1.165) is 28.7 Å². The number of benzene rings is 2. The van der Waals surface area contributed by atoms with Gasteiger partial charge in [-0.15, -0.1) is 0 Å². The molecule has 0 aromatic heterocycles. The fraction of sp³-hybridized carbons (Fsp3) is 0.263. The first-order valence-corrected chi connectivity index (χ1v) is 7.41. The Bertz CT molecular complexity index is 742. The normalized spacial score (nSPS) is 10.1. The number of hydrogen-bond donors (Lipinski definition) is 0. The van der Waals surface area contributed by atoms with Crippen LogP contribution in [0.25, 0.3) is 11.1 Å². The van der Waals surface area contributed by atoms with E-state index in [9.17, 15) is 4.79 Å². The van der Waals surface area contributed by atoms with Crippen molar-refractivity contribution in [3.8, 4) is 17.2 Å². The molecule has 2 aromatic carbocycles. The van der Waals surface area contributed by atoms with Crippen molar-refractivity contribution >= 4 is 5.97 Å². The van der Waals surface area contributed by atoms with Crippen molar-refractivity contribution < 1.29 is 9.53 Å². The van der Waals surface area contributed by atoms with E-state index in [0.29, 0.717) is 17.7 Å². The van der Waals surface area contributed by atoms with Crippen LogP contribution in [0.1, 0.15) is 40.9 Å². The maximum Gasteiger partial charge on any atom is 0.338 e. The molecule has 2 rings (SSSR count). The van der Waals surface area contributed by atoms with Gasteiger partial charge in [0.05, 0.1) is 23.8 Å². The van der Waals surface area contributed by atoms with Crippen molar-refractivity contribution in [2.75, 3.05) is 6.61 Å². The number of nitrogens with zero attached hydrogens (tertiary/aromatic N) is 1. The summed E-state index contributed by atoms with van der Waals surface area (Å²) in [5.74, 6) is -0.312. The summed E-state index contributed by atoms with van der Waals surface area (Å²) in [6, 6.07) is 13.6.